The Morgan fingerprint density at radius 2 is 1.71 bits per heavy atom. The molecule has 14 heavy (non-hydrogen) atoms. The predicted molar refractivity (Wildman–Crippen MR) is 36.4 cm³/mol. The van der Waals surface area contributed by atoms with Crippen molar-refractivity contribution in [3.05, 3.63) is 17.8 Å². The van der Waals surface area contributed by atoms with Crippen molar-refractivity contribution in [2.45, 2.75) is 12.1 Å². The van der Waals surface area contributed by atoms with Crippen LogP contribution in [0.4, 0.5) is 27.8 Å². The highest BCUT2D eigenvalue weighted by Crippen LogP contribution is 2.43. The third-order valence-corrected chi connectivity index (χ3v) is 1.39. The number of alkyl halides is 5. The molecule has 0 aliphatic heterocycles. The van der Waals surface area contributed by atoms with Gasteiger partial charge in [0.25, 0.3) is 0 Å². The van der Waals surface area contributed by atoms with E-state index in [1.54, 1.807) is 0 Å². The smallest absolute Gasteiger partial charge is 0.382 e. The van der Waals surface area contributed by atoms with Crippen LogP contribution in [-0.2, 0) is 5.92 Å². The Morgan fingerprint density at radius 1 is 1.14 bits per heavy atom. The van der Waals surface area contributed by atoms with E-state index in [9.17, 15) is 22.0 Å². The topological polar surface area (TPSA) is 51.8 Å². The van der Waals surface area contributed by atoms with Gasteiger partial charge in [0.05, 0.1) is 11.8 Å². The standard InChI is InChI=1S/C6H4F5N3/c7-5(8,6(9,10)11)3-1-4(12)14-13-2-3/h1-2H,(H2,12,14). The van der Waals surface area contributed by atoms with Gasteiger partial charge >= 0.3 is 12.1 Å². The quantitative estimate of drug-likeness (QED) is 0.722. The molecular weight excluding hydrogens is 209 g/mol. The number of nitrogens with two attached hydrogens (primary N) is 1. The highest BCUT2D eigenvalue weighted by molar-refractivity contribution is 5.32. The van der Waals surface area contributed by atoms with Crippen molar-refractivity contribution >= 4 is 5.82 Å². The molecule has 3 nitrogen and oxygen atoms in total. The monoisotopic (exact) mass is 213 g/mol. The zero-order chi connectivity index (χ0) is 11.0. The molecule has 0 unspecified atom stereocenters. The number of anilines is 1. The normalized spacial score (nSPS) is 12.9. The zero-order valence-corrected chi connectivity index (χ0v) is 6.52. The molecule has 0 radical (unpaired) electrons. The van der Waals surface area contributed by atoms with Crippen molar-refractivity contribution in [2.75, 3.05) is 5.73 Å². The van der Waals surface area contributed by atoms with Crippen molar-refractivity contribution < 1.29 is 22.0 Å². The molecule has 0 fully saturated rings. The van der Waals surface area contributed by atoms with E-state index in [2.05, 4.69) is 10.2 Å². The lowest BCUT2D eigenvalue weighted by Crippen LogP contribution is -2.33. The number of nitrogens with zero attached hydrogens (tertiary/aromatic N) is 2. The molecule has 2 N–H and O–H groups in total. The number of nitrogen functional groups attached to an aromatic ring is 1. The first kappa shape index (κ1) is 10.6. The summed E-state index contributed by atoms with van der Waals surface area (Å²) in [5.41, 5.74) is 3.60. The summed E-state index contributed by atoms with van der Waals surface area (Å²) in [4.78, 5) is 0. The van der Waals surface area contributed by atoms with Crippen molar-refractivity contribution in [1.82, 2.24) is 10.2 Å². The van der Waals surface area contributed by atoms with Gasteiger partial charge in [0, 0.05) is 0 Å². The molecule has 0 spiro atoms. The van der Waals surface area contributed by atoms with Crippen LogP contribution in [0.15, 0.2) is 12.3 Å². The van der Waals surface area contributed by atoms with Gasteiger partial charge in [-0.25, -0.2) is 0 Å². The summed E-state index contributed by atoms with van der Waals surface area (Å²) in [6.07, 6.45) is -5.34. The molecule has 0 amide bonds. The molecule has 0 saturated carbocycles. The summed E-state index contributed by atoms with van der Waals surface area (Å²) in [5.74, 6) is -5.46. The third kappa shape index (κ3) is 1.73. The molecule has 0 aromatic carbocycles. The SMILES string of the molecule is Nc1cc(C(F)(F)C(F)(F)F)cnn1. The molecule has 1 aromatic heterocycles. The van der Waals surface area contributed by atoms with Crippen molar-refractivity contribution in [2.24, 2.45) is 0 Å². The highest BCUT2D eigenvalue weighted by atomic mass is 19.4. The molecule has 0 aliphatic carbocycles. The van der Waals surface area contributed by atoms with Gasteiger partial charge < -0.3 is 5.73 Å². The molecule has 0 aliphatic rings. The van der Waals surface area contributed by atoms with Crippen LogP contribution in [0.1, 0.15) is 5.56 Å². The second-order valence-corrected chi connectivity index (χ2v) is 2.44. The summed E-state index contributed by atoms with van der Waals surface area (Å²) in [5, 5.41) is 5.97. The maximum Gasteiger partial charge on any atom is 0.458 e. The highest BCUT2D eigenvalue weighted by Gasteiger charge is 2.59. The average Bonchev–Trinajstić information content (AvgIpc) is 2.02. The van der Waals surface area contributed by atoms with Gasteiger partial charge in [-0.15, -0.1) is 5.10 Å². The fourth-order valence-corrected chi connectivity index (χ4v) is 0.719. The van der Waals surface area contributed by atoms with Crippen molar-refractivity contribution in [3.8, 4) is 0 Å². The van der Waals surface area contributed by atoms with Gasteiger partial charge in [-0.3, -0.25) is 0 Å². The summed E-state index contributed by atoms with van der Waals surface area (Å²) in [6.45, 7) is 0. The average molecular weight is 213 g/mol. The molecule has 0 atom stereocenters. The van der Waals surface area contributed by atoms with Crippen LogP contribution >= 0.6 is 0 Å². The maximum absolute atomic E-state index is 12.6. The Bertz CT molecular complexity index is 334. The minimum atomic E-state index is -5.66. The second kappa shape index (κ2) is 3.03. The van der Waals surface area contributed by atoms with Crippen molar-refractivity contribution in [1.29, 1.82) is 0 Å². The number of hydrogen-bond acceptors (Lipinski definition) is 3. The van der Waals surface area contributed by atoms with Crippen LogP contribution in [0, 0.1) is 0 Å². The van der Waals surface area contributed by atoms with E-state index < -0.39 is 23.5 Å². The molecule has 1 heterocycles. The Morgan fingerprint density at radius 3 is 2.14 bits per heavy atom. The van der Waals surface area contributed by atoms with Crippen LogP contribution in [-0.4, -0.2) is 16.4 Å². The third-order valence-electron chi connectivity index (χ3n) is 1.39. The first-order chi connectivity index (χ1) is 6.25. The summed E-state index contributed by atoms with van der Waals surface area (Å²) < 4.78 is 60.6. The van der Waals surface area contributed by atoms with Gasteiger partial charge in [0.2, 0.25) is 0 Å². The second-order valence-electron chi connectivity index (χ2n) is 2.44. The van der Waals surface area contributed by atoms with Crippen LogP contribution in [0.5, 0.6) is 0 Å². The fraction of sp³-hybridized carbons (Fsp3) is 0.333. The van der Waals surface area contributed by atoms with Crippen molar-refractivity contribution in [3.63, 3.8) is 0 Å². The van der Waals surface area contributed by atoms with E-state index >= 15 is 0 Å². The van der Waals surface area contributed by atoms with E-state index in [0.29, 0.717) is 12.3 Å². The first-order valence-corrected chi connectivity index (χ1v) is 3.28. The Hall–Kier alpha value is -1.47. The predicted octanol–water partition coefficient (Wildman–Crippen LogP) is 1.71. The molecule has 78 valence electrons. The number of rotatable bonds is 1. The largest absolute Gasteiger partial charge is 0.458 e. The van der Waals surface area contributed by atoms with Gasteiger partial charge in [0.1, 0.15) is 5.82 Å². The van der Waals surface area contributed by atoms with Crippen LogP contribution in [0.2, 0.25) is 0 Å². The molecule has 1 rings (SSSR count). The van der Waals surface area contributed by atoms with Crippen LogP contribution in [0.25, 0.3) is 0 Å². The van der Waals surface area contributed by atoms with E-state index in [-0.39, 0.29) is 0 Å². The van der Waals surface area contributed by atoms with Crippen LogP contribution < -0.4 is 5.73 Å². The Kier molecular flexibility index (Phi) is 2.30. The maximum atomic E-state index is 12.6. The minimum Gasteiger partial charge on any atom is -0.382 e. The van der Waals surface area contributed by atoms with Crippen LogP contribution in [0.3, 0.4) is 0 Å². The van der Waals surface area contributed by atoms with E-state index in [1.165, 1.54) is 0 Å². The van der Waals surface area contributed by atoms with Gasteiger partial charge in [-0.2, -0.15) is 27.1 Å². The lowest BCUT2D eigenvalue weighted by atomic mass is 10.1. The first-order valence-electron chi connectivity index (χ1n) is 3.28. The van der Waals surface area contributed by atoms with Gasteiger partial charge in [0.15, 0.2) is 0 Å². The van der Waals surface area contributed by atoms with E-state index in [4.69, 9.17) is 5.73 Å². The molecule has 0 bridgehead atoms. The summed E-state index contributed by atoms with van der Waals surface area (Å²) >= 11 is 0. The van der Waals surface area contributed by atoms with Gasteiger partial charge in [-0.05, 0) is 6.07 Å². The van der Waals surface area contributed by atoms with E-state index in [1.807, 2.05) is 0 Å². The summed E-state index contributed by atoms with van der Waals surface area (Å²) in [7, 11) is 0. The number of halogens is 5. The van der Waals surface area contributed by atoms with Gasteiger partial charge in [-0.1, -0.05) is 0 Å². The molecule has 1 aromatic rings. The fourth-order valence-electron chi connectivity index (χ4n) is 0.719. The summed E-state index contributed by atoms with van der Waals surface area (Å²) in [6, 6.07) is 0.431. The molecule has 8 heteroatoms. The lowest BCUT2D eigenvalue weighted by molar-refractivity contribution is -0.289. The van der Waals surface area contributed by atoms with E-state index in [0.717, 1.165) is 0 Å². The zero-order valence-electron chi connectivity index (χ0n) is 6.52. The molecule has 0 saturated heterocycles. The Labute approximate surface area is 74.7 Å². The minimum absolute atomic E-state index is 0.323. The number of aromatic nitrogens is 2. The molecular formula is C6H4F5N3. The Balaban J connectivity index is 3.16. The lowest BCUT2D eigenvalue weighted by Gasteiger charge is -2.19. The number of hydrogen-bond donors (Lipinski definition) is 1.